The Labute approximate surface area is 190 Å². The lowest BCUT2D eigenvalue weighted by molar-refractivity contribution is -0.136. The second-order valence-electron chi connectivity index (χ2n) is 9.87. The van der Waals surface area contributed by atoms with Gasteiger partial charge in [-0.15, -0.1) is 0 Å². The fraction of sp³-hybridized carbons (Fsp3) is 0.640. The third kappa shape index (κ3) is 5.31. The highest BCUT2D eigenvalue weighted by atomic mass is 16.2. The molecule has 174 valence electrons. The normalized spacial score (nSPS) is 26.8. The number of carbonyl (C=O) groups excluding carboxylic acids is 3. The largest absolute Gasteiger partial charge is 0.350 e. The maximum atomic E-state index is 12.9. The quantitative estimate of drug-likeness (QED) is 0.666. The number of imide groups is 1. The predicted octanol–water partition coefficient (Wildman–Crippen LogP) is 3.18. The molecule has 0 atom stereocenters. The Morgan fingerprint density at radius 2 is 1.66 bits per heavy atom. The molecule has 3 fully saturated rings. The summed E-state index contributed by atoms with van der Waals surface area (Å²) in [6.07, 6.45) is 8.37. The number of carbonyl (C=O) groups is 3. The highest BCUT2D eigenvalue weighted by molar-refractivity contribution is 6.09. The monoisotopic (exact) mass is 440 g/mol. The maximum absolute atomic E-state index is 12.9. The highest BCUT2D eigenvalue weighted by Gasteiger charge is 2.52. The number of likely N-dealkylation sites (tertiary alicyclic amines) is 1. The van der Waals surface area contributed by atoms with E-state index < -0.39 is 11.6 Å². The van der Waals surface area contributed by atoms with Crippen molar-refractivity contribution in [2.45, 2.75) is 76.9 Å². The van der Waals surface area contributed by atoms with Gasteiger partial charge < -0.3 is 10.6 Å². The van der Waals surface area contributed by atoms with Crippen molar-refractivity contribution >= 4 is 17.8 Å². The number of hydrogen-bond acceptors (Lipinski definition) is 4. The zero-order chi connectivity index (χ0) is 22.6. The van der Waals surface area contributed by atoms with Crippen LogP contribution in [0.3, 0.4) is 0 Å². The Balaban J connectivity index is 1.25. The molecule has 3 aliphatic rings. The van der Waals surface area contributed by atoms with E-state index in [0.29, 0.717) is 25.3 Å². The maximum Gasteiger partial charge on any atom is 0.325 e. The van der Waals surface area contributed by atoms with Gasteiger partial charge in [0.15, 0.2) is 0 Å². The average Bonchev–Trinajstić information content (AvgIpc) is 2.96. The molecule has 2 heterocycles. The standard InChI is InChI=1S/C25H36N4O3/c1-19-10-12-25(13-11-19)23(31)29(24(32)27-25)18-22(30)26-16-20-6-8-21(9-7-20)17-28-14-4-2-3-5-15-28/h6-9,19H,2-5,10-18H2,1H3,(H,26,30)(H,27,32). The van der Waals surface area contributed by atoms with Gasteiger partial charge in [-0.2, -0.15) is 0 Å². The van der Waals surface area contributed by atoms with Crippen LogP contribution in [0, 0.1) is 5.92 Å². The summed E-state index contributed by atoms with van der Waals surface area (Å²) < 4.78 is 0. The van der Waals surface area contributed by atoms with Gasteiger partial charge in [-0.25, -0.2) is 4.79 Å². The van der Waals surface area contributed by atoms with Crippen LogP contribution >= 0.6 is 0 Å². The summed E-state index contributed by atoms with van der Waals surface area (Å²) in [5, 5.41) is 5.72. The number of benzene rings is 1. The number of hydrogen-bond donors (Lipinski definition) is 2. The lowest BCUT2D eigenvalue weighted by Crippen LogP contribution is -2.49. The van der Waals surface area contributed by atoms with E-state index in [1.165, 1.54) is 44.3 Å². The lowest BCUT2D eigenvalue weighted by Gasteiger charge is -2.33. The van der Waals surface area contributed by atoms with Crippen molar-refractivity contribution in [2.75, 3.05) is 19.6 Å². The Morgan fingerprint density at radius 1 is 1.03 bits per heavy atom. The van der Waals surface area contributed by atoms with Crippen LogP contribution in [0.5, 0.6) is 0 Å². The van der Waals surface area contributed by atoms with E-state index in [1.807, 2.05) is 12.1 Å². The van der Waals surface area contributed by atoms with Gasteiger partial charge in [0.2, 0.25) is 5.91 Å². The van der Waals surface area contributed by atoms with Crippen LogP contribution in [0.25, 0.3) is 0 Å². The van der Waals surface area contributed by atoms with Gasteiger partial charge in [0, 0.05) is 13.1 Å². The Morgan fingerprint density at radius 3 is 2.31 bits per heavy atom. The molecule has 2 aliphatic heterocycles. The lowest BCUT2D eigenvalue weighted by atomic mass is 9.77. The summed E-state index contributed by atoms with van der Waals surface area (Å²) in [5.41, 5.74) is 1.49. The van der Waals surface area contributed by atoms with E-state index in [2.05, 4.69) is 34.6 Å². The second kappa shape index (κ2) is 10.0. The van der Waals surface area contributed by atoms with Gasteiger partial charge in [-0.05, 0) is 68.7 Å². The molecule has 32 heavy (non-hydrogen) atoms. The zero-order valence-electron chi connectivity index (χ0n) is 19.2. The topological polar surface area (TPSA) is 81.8 Å². The number of amides is 4. The molecule has 1 saturated carbocycles. The van der Waals surface area contributed by atoms with Crippen LogP contribution in [-0.2, 0) is 22.7 Å². The Hall–Kier alpha value is -2.41. The van der Waals surface area contributed by atoms with E-state index in [9.17, 15) is 14.4 Å². The molecular weight excluding hydrogens is 404 g/mol. The van der Waals surface area contributed by atoms with Gasteiger partial charge in [-0.1, -0.05) is 44.0 Å². The minimum absolute atomic E-state index is 0.227. The van der Waals surface area contributed by atoms with E-state index in [-0.39, 0.29) is 18.4 Å². The van der Waals surface area contributed by atoms with Crippen molar-refractivity contribution in [1.29, 1.82) is 0 Å². The van der Waals surface area contributed by atoms with Crippen molar-refractivity contribution in [3.63, 3.8) is 0 Å². The van der Waals surface area contributed by atoms with Crippen LogP contribution in [0.2, 0.25) is 0 Å². The van der Waals surface area contributed by atoms with Crippen molar-refractivity contribution in [3.05, 3.63) is 35.4 Å². The number of rotatable bonds is 6. The van der Waals surface area contributed by atoms with Gasteiger partial charge in [-0.3, -0.25) is 19.4 Å². The molecule has 1 aromatic rings. The van der Waals surface area contributed by atoms with Gasteiger partial charge >= 0.3 is 6.03 Å². The zero-order valence-corrected chi connectivity index (χ0v) is 19.2. The minimum Gasteiger partial charge on any atom is -0.350 e. The van der Waals surface area contributed by atoms with Crippen LogP contribution in [0.15, 0.2) is 24.3 Å². The van der Waals surface area contributed by atoms with E-state index in [1.54, 1.807) is 0 Å². The molecule has 0 unspecified atom stereocenters. The number of nitrogens with one attached hydrogen (secondary N) is 2. The van der Waals surface area contributed by atoms with Crippen molar-refractivity contribution in [1.82, 2.24) is 20.4 Å². The predicted molar refractivity (Wildman–Crippen MR) is 123 cm³/mol. The molecule has 4 rings (SSSR count). The van der Waals surface area contributed by atoms with Crippen LogP contribution < -0.4 is 10.6 Å². The first-order valence-corrected chi connectivity index (χ1v) is 12.2. The van der Waals surface area contributed by atoms with E-state index in [0.717, 1.165) is 29.8 Å². The Bertz CT molecular complexity index is 822. The molecule has 1 aliphatic carbocycles. The van der Waals surface area contributed by atoms with Gasteiger partial charge in [0.25, 0.3) is 5.91 Å². The second-order valence-corrected chi connectivity index (χ2v) is 9.87. The first-order valence-electron chi connectivity index (χ1n) is 12.2. The average molecular weight is 441 g/mol. The van der Waals surface area contributed by atoms with Gasteiger partial charge in [0.1, 0.15) is 12.1 Å². The van der Waals surface area contributed by atoms with Crippen molar-refractivity contribution < 1.29 is 14.4 Å². The summed E-state index contributed by atoms with van der Waals surface area (Å²) in [6, 6.07) is 7.88. The fourth-order valence-corrected chi connectivity index (χ4v) is 5.13. The summed E-state index contributed by atoms with van der Waals surface area (Å²) in [4.78, 5) is 41.3. The van der Waals surface area contributed by atoms with Crippen LogP contribution in [-0.4, -0.2) is 52.8 Å². The fourth-order valence-electron chi connectivity index (χ4n) is 5.13. The highest BCUT2D eigenvalue weighted by Crippen LogP contribution is 2.36. The third-order valence-electron chi connectivity index (χ3n) is 7.29. The number of nitrogens with zero attached hydrogens (tertiary/aromatic N) is 2. The molecule has 0 aromatic heterocycles. The molecule has 7 nitrogen and oxygen atoms in total. The third-order valence-corrected chi connectivity index (χ3v) is 7.29. The molecule has 1 aromatic carbocycles. The molecule has 7 heteroatoms. The van der Waals surface area contributed by atoms with Crippen LogP contribution in [0.4, 0.5) is 4.79 Å². The first-order chi connectivity index (χ1) is 15.4. The molecule has 1 spiro atoms. The Kier molecular flexibility index (Phi) is 7.13. The molecular formula is C25H36N4O3. The molecule has 0 radical (unpaired) electrons. The molecule has 2 N–H and O–H groups in total. The van der Waals surface area contributed by atoms with Crippen LogP contribution in [0.1, 0.15) is 69.4 Å². The first kappa shape index (κ1) is 22.8. The van der Waals surface area contributed by atoms with Gasteiger partial charge in [0.05, 0.1) is 0 Å². The summed E-state index contributed by atoms with van der Waals surface area (Å²) >= 11 is 0. The summed E-state index contributed by atoms with van der Waals surface area (Å²) in [6.45, 7) is 5.63. The number of urea groups is 1. The summed E-state index contributed by atoms with van der Waals surface area (Å²) in [5.74, 6) is 0.00389. The van der Waals surface area contributed by atoms with E-state index >= 15 is 0 Å². The SMILES string of the molecule is CC1CCC2(CC1)NC(=O)N(CC(=O)NCc1ccc(CN3CCCCCC3)cc1)C2=O. The molecule has 0 bridgehead atoms. The summed E-state index contributed by atoms with van der Waals surface area (Å²) in [7, 11) is 0. The molecule has 2 saturated heterocycles. The van der Waals surface area contributed by atoms with Crippen molar-refractivity contribution in [3.8, 4) is 0 Å². The van der Waals surface area contributed by atoms with Crippen molar-refractivity contribution in [2.24, 2.45) is 5.92 Å². The molecule has 4 amide bonds. The smallest absolute Gasteiger partial charge is 0.325 e. The minimum atomic E-state index is -0.799. The van der Waals surface area contributed by atoms with E-state index in [4.69, 9.17) is 0 Å².